The number of primary amides is 1. The number of aromatic nitrogens is 1. The van der Waals surface area contributed by atoms with Crippen LogP contribution in [0.1, 0.15) is 25.3 Å². The second-order valence-corrected chi connectivity index (χ2v) is 8.96. The molecule has 4 amide bonds. The molecule has 2 heterocycles. The number of halogens is 1. The second-order valence-electron chi connectivity index (χ2n) is 8.53. The minimum atomic E-state index is -0.817. The van der Waals surface area contributed by atoms with Gasteiger partial charge in [-0.1, -0.05) is 41.9 Å². The van der Waals surface area contributed by atoms with Gasteiger partial charge in [-0.15, -0.1) is 0 Å². The van der Waals surface area contributed by atoms with E-state index in [0.717, 1.165) is 5.56 Å². The summed E-state index contributed by atoms with van der Waals surface area (Å²) in [7, 11) is 0. The van der Waals surface area contributed by atoms with E-state index in [1.165, 1.54) is 22.6 Å². The number of benzene rings is 2. The van der Waals surface area contributed by atoms with E-state index in [1.54, 1.807) is 36.4 Å². The molecule has 0 aliphatic carbocycles. The summed E-state index contributed by atoms with van der Waals surface area (Å²) in [6.45, 7) is 1.67. The fraction of sp³-hybridized carbons (Fsp3) is 0.280. The van der Waals surface area contributed by atoms with Crippen molar-refractivity contribution in [3.8, 4) is 0 Å². The number of urea groups is 1. The summed E-state index contributed by atoms with van der Waals surface area (Å²) in [5.74, 6) is -0.426. The van der Waals surface area contributed by atoms with Crippen molar-refractivity contribution in [1.29, 1.82) is 0 Å². The third-order valence-corrected chi connectivity index (χ3v) is 6.35. The van der Waals surface area contributed by atoms with E-state index in [-0.39, 0.29) is 18.1 Å². The normalized spacial score (nSPS) is 17.4. The number of nitrogens with one attached hydrogen (secondary N) is 2. The minimum absolute atomic E-state index is 0.157. The Kier molecular flexibility index (Phi) is 7.07. The molecule has 1 fully saturated rings. The van der Waals surface area contributed by atoms with E-state index in [1.807, 2.05) is 12.1 Å². The number of carbonyl (C=O) groups excluding carboxylic acids is 4. The number of fused-ring (bicyclic) bond motifs is 1. The van der Waals surface area contributed by atoms with Gasteiger partial charge in [-0.05, 0) is 36.6 Å². The Morgan fingerprint density at radius 3 is 2.60 bits per heavy atom. The molecule has 0 unspecified atom stereocenters. The first-order chi connectivity index (χ1) is 16.7. The molecule has 35 heavy (non-hydrogen) atoms. The van der Waals surface area contributed by atoms with E-state index in [0.29, 0.717) is 41.0 Å². The third-order valence-electron chi connectivity index (χ3n) is 6.12. The molecule has 2 aromatic carbocycles. The Labute approximate surface area is 207 Å². The van der Waals surface area contributed by atoms with E-state index >= 15 is 0 Å². The van der Waals surface area contributed by atoms with Gasteiger partial charge in [-0.25, -0.2) is 9.59 Å². The van der Waals surface area contributed by atoms with Gasteiger partial charge in [0.25, 0.3) is 0 Å². The number of carbonyl (C=O) groups is 4. The topological polar surface area (TPSA) is 127 Å². The van der Waals surface area contributed by atoms with Gasteiger partial charge in [-0.3, -0.25) is 14.2 Å². The Morgan fingerprint density at radius 1 is 1.11 bits per heavy atom. The van der Waals surface area contributed by atoms with Gasteiger partial charge in [0.05, 0.1) is 17.2 Å². The molecule has 4 N–H and O–H groups in total. The largest absolute Gasteiger partial charge is 0.351 e. The first-order valence-corrected chi connectivity index (χ1v) is 11.6. The van der Waals surface area contributed by atoms with Crippen molar-refractivity contribution in [2.45, 2.75) is 38.3 Å². The van der Waals surface area contributed by atoms with Crippen LogP contribution < -0.4 is 16.4 Å². The Morgan fingerprint density at radius 2 is 1.89 bits per heavy atom. The molecule has 0 saturated carbocycles. The number of nitrogens with two attached hydrogens (primary N) is 1. The molecule has 0 spiro atoms. The van der Waals surface area contributed by atoms with Crippen LogP contribution in [0.5, 0.6) is 0 Å². The van der Waals surface area contributed by atoms with Crippen LogP contribution in [-0.2, 0) is 16.0 Å². The third kappa shape index (κ3) is 5.30. The Bertz CT molecular complexity index is 1300. The molecule has 1 saturated heterocycles. The molecule has 0 radical (unpaired) electrons. The van der Waals surface area contributed by atoms with E-state index in [9.17, 15) is 19.2 Å². The van der Waals surface area contributed by atoms with Crippen LogP contribution in [0.2, 0.25) is 5.02 Å². The number of ketones is 1. The predicted octanol–water partition coefficient (Wildman–Crippen LogP) is 3.53. The average molecular weight is 496 g/mol. The first-order valence-electron chi connectivity index (χ1n) is 11.3. The Balaban J connectivity index is 1.55. The summed E-state index contributed by atoms with van der Waals surface area (Å²) in [5.41, 5.74) is 7.34. The van der Waals surface area contributed by atoms with Crippen molar-refractivity contribution in [3.63, 3.8) is 0 Å². The number of para-hydroxylation sites is 1. The summed E-state index contributed by atoms with van der Waals surface area (Å²) >= 11 is 6.05. The number of rotatable bonds is 6. The highest BCUT2D eigenvalue weighted by atomic mass is 35.5. The van der Waals surface area contributed by atoms with Gasteiger partial charge in [0.2, 0.25) is 5.91 Å². The molecular weight excluding hydrogens is 470 g/mol. The summed E-state index contributed by atoms with van der Waals surface area (Å²) in [6, 6.07) is 11.8. The molecule has 3 aromatic rings. The lowest BCUT2D eigenvalue weighted by Gasteiger charge is -2.27. The van der Waals surface area contributed by atoms with E-state index in [2.05, 4.69) is 10.6 Å². The molecule has 10 heteroatoms. The molecule has 0 bridgehead atoms. The van der Waals surface area contributed by atoms with Crippen molar-refractivity contribution >= 4 is 51.9 Å². The van der Waals surface area contributed by atoms with Crippen LogP contribution in [0.3, 0.4) is 0 Å². The maximum Gasteiger partial charge on any atom is 0.323 e. The highest BCUT2D eigenvalue weighted by molar-refractivity contribution is 6.30. The average Bonchev–Trinajstić information content (AvgIpc) is 3.39. The summed E-state index contributed by atoms with van der Waals surface area (Å²) in [6.07, 6.45) is 2.56. The van der Waals surface area contributed by atoms with Crippen LogP contribution in [0.25, 0.3) is 10.9 Å². The van der Waals surface area contributed by atoms with Gasteiger partial charge in [0.15, 0.2) is 5.78 Å². The zero-order chi connectivity index (χ0) is 25.1. The quantitative estimate of drug-likeness (QED) is 0.483. The van der Waals surface area contributed by atoms with Gasteiger partial charge in [0, 0.05) is 36.5 Å². The number of hydrogen-bond donors (Lipinski definition) is 3. The highest BCUT2D eigenvalue weighted by Gasteiger charge is 2.42. The lowest BCUT2D eigenvalue weighted by Crippen LogP contribution is -2.51. The number of aryl methyl sites for hydroxylation is 1. The summed E-state index contributed by atoms with van der Waals surface area (Å²) < 4.78 is 1.25. The van der Waals surface area contributed by atoms with Gasteiger partial charge < -0.3 is 21.3 Å². The first kappa shape index (κ1) is 24.3. The zero-order valence-electron chi connectivity index (χ0n) is 19.2. The molecule has 1 aliphatic heterocycles. The number of Topliss-reactive ketones (excluding diaryl/α,β-unsaturated/α-hetero) is 1. The van der Waals surface area contributed by atoms with Crippen LogP contribution >= 0.6 is 11.6 Å². The van der Waals surface area contributed by atoms with Crippen molar-refractivity contribution in [3.05, 3.63) is 65.3 Å². The van der Waals surface area contributed by atoms with Gasteiger partial charge >= 0.3 is 12.1 Å². The number of hydrogen-bond acceptors (Lipinski definition) is 4. The molecule has 2 atom stereocenters. The SMILES string of the molecule is CC(=O)N[C@@H]1CCN(C(=O)Nc2cn(C(N)=O)c3ccccc23)[C@@H]1C(=O)CCc1cccc(Cl)c1. The van der Waals surface area contributed by atoms with Crippen LogP contribution in [0, 0.1) is 0 Å². The molecule has 1 aliphatic rings. The fourth-order valence-corrected chi connectivity index (χ4v) is 4.80. The zero-order valence-corrected chi connectivity index (χ0v) is 19.9. The number of amides is 4. The molecule has 182 valence electrons. The van der Waals surface area contributed by atoms with E-state index in [4.69, 9.17) is 17.3 Å². The van der Waals surface area contributed by atoms with Crippen LogP contribution in [-0.4, -0.2) is 51.8 Å². The van der Waals surface area contributed by atoms with Crippen molar-refractivity contribution in [2.75, 3.05) is 11.9 Å². The monoisotopic (exact) mass is 495 g/mol. The second kappa shape index (κ2) is 10.2. The number of anilines is 1. The molecule has 4 rings (SSSR count). The Hall–Kier alpha value is -3.85. The summed E-state index contributed by atoms with van der Waals surface area (Å²) in [4.78, 5) is 51.6. The molecular formula is C25H26ClN5O4. The van der Waals surface area contributed by atoms with Crippen LogP contribution in [0.4, 0.5) is 15.3 Å². The van der Waals surface area contributed by atoms with E-state index < -0.39 is 24.1 Å². The summed E-state index contributed by atoms with van der Waals surface area (Å²) in [5, 5.41) is 6.85. The number of likely N-dealkylation sites (tertiary alicyclic amines) is 1. The van der Waals surface area contributed by atoms with Gasteiger partial charge in [0.1, 0.15) is 6.04 Å². The van der Waals surface area contributed by atoms with Crippen LogP contribution in [0.15, 0.2) is 54.7 Å². The maximum atomic E-state index is 13.3. The lowest BCUT2D eigenvalue weighted by molar-refractivity contribution is -0.124. The van der Waals surface area contributed by atoms with Crippen molar-refractivity contribution < 1.29 is 19.2 Å². The molecule has 1 aromatic heterocycles. The van der Waals surface area contributed by atoms with Crippen molar-refractivity contribution in [1.82, 2.24) is 14.8 Å². The minimum Gasteiger partial charge on any atom is -0.351 e. The number of nitrogens with zero attached hydrogens (tertiary/aromatic N) is 2. The smallest absolute Gasteiger partial charge is 0.323 e. The lowest BCUT2D eigenvalue weighted by atomic mass is 9.98. The molecule has 9 nitrogen and oxygen atoms in total. The predicted molar refractivity (Wildman–Crippen MR) is 133 cm³/mol. The van der Waals surface area contributed by atoms with Crippen molar-refractivity contribution in [2.24, 2.45) is 5.73 Å². The fourth-order valence-electron chi connectivity index (χ4n) is 4.59. The van der Waals surface area contributed by atoms with Gasteiger partial charge in [-0.2, -0.15) is 0 Å². The maximum absolute atomic E-state index is 13.3. The standard InChI is InChI=1S/C25H26ClN5O4/c1-15(32)28-19-11-12-30(23(19)22(33)10-9-16-5-4-6-17(26)13-16)25(35)29-20-14-31(24(27)34)21-8-3-2-7-18(20)21/h2-8,13-14,19,23H,9-12H2,1H3,(H2,27,34)(H,28,32)(H,29,35)/t19-,23+/m1/s1. The highest BCUT2D eigenvalue weighted by Crippen LogP contribution is 2.28.